The van der Waals surface area contributed by atoms with Crippen molar-refractivity contribution in [2.24, 2.45) is 4.99 Å². The number of amides is 1. The van der Waals surface area contributed by atoms with Crippen molar-refractivity contribution in [2.75, 3.05) is 11.1 Å². The molecule has 2 aromatic carbocycles. The second-order valence-corrected chi connectivity index (χ2v) is 9.14. The minimum absolute atomic E-state index is 0.0403. The zero-order valence-electron chi connectivity index (χ0n) is 17.7. The normalized spacial score (nSPS) is 19.2. The van der Waals surface area contributed by atoms with Crippen LogP contribution < -0.4 is 5.32 Å². The number of benzene rings is 2. The summed E-state index contributed by atoms with van der Waals surface area (Å²) < 4.78 is 44.4. The van der Waals surface area contributed by atoms with Gasteiger partial charge in [0.2, 0.25) is 5.91 Å². The predicted molar refractivity (Wildman–Crippen MR) is 132 cm³/mol. The molecule has 178 valence electrons. The van der Waals surface area contributed by atoms with Crippen LogP contribution in [0.25, 0.3) is 0 Å². The standard InChI is InChI=1S/C24H15Cl2F3N4OS/c25-18-10-9-16(12-19(18)26)31-21(34)14-35-22-17(13-30)20-8-4-5-11-33(20)23(32-22,24(27,28)29)15-6-2-1-3-7-15/h1-12H,14H2,(H,31,34)/t23-/m0/s1. The van der Waals surface area contributed by atoms with E-state index in [9.17, 15) is 23.2 Å². The number of rotatable bonds is 4. The fourth-order valence-electron chi connectivity index (χ4n) is 3.65. The zero-order chi connectivity index (χ0) is 25.2. The van der Waals surface area contributed by atoms with E-state index >= 15 is 0 Å². The number of nitrogens with one attached hydrogen (secondary N) is 1. The first-order valence-corrected chi connectivity index (χ1v) is 11.8. The van der Waals surface area contributed by atoms with Gasteiger partial charge in [-0.05, 0) is 30.4 Å². The number of carbonyl (C=O) groups is 1. The molecule has 5 nitrogen and oxygen atoms in total. The molecule has 0 saturated heterocycles. The van der Waals surface area contributed by atoms with Gasteiger partial charge in [0.15, 0.2) is 0 Å². The van der Waals surface area contributed by atoms with Crippen molar-refractivity contribution >= 4 is 51.6 Å². The van der Waals surface area contributed by atoms with Crippen LogP contribution in [-0.2, 0) is 10.5 Å². The Kier molecular flexibility index (Phi) is 6.99. The molecule has 2 aliphatic heterocycles. The number of fused-ring (bicyclic) bond motifs is 1. The van der Waals surface area contributed by atoms with Crippen LogP contribution in [0.1, 0.15) is 5.56 Å². The third-order valence-electron chi connectivity index (χ3n) is 5.17. The van der Waals surface area contributed by atoms with Crippen LogP contribution in [0, 0.1) is 11.3 Å². The topological polar surface area (TPSA) is 68.5 Å². The molecule has 0 unspecified atom stereocenters. The Balaban J connectivity index is 1.72. The maximum absolute atomic E-state index is 14.8. The number of alkyl halides is 3. The van der Waals surface area contributed by atoms with Crippen molar-refractivity contribution < 1.29 is 18.0 Å². The van der Waals surface area contributed by atoms with Gasteiger partial charge in [0.1, 0.15) is 16.7 Å². The molecule has 0 aromatic heterocycles. The van der Waals surface area contributed by atoms with Gasteiger partial charge in [-0.3, -0.25) is 4.79 Å². The van der Waals surface area contributed by atoms with Gasteiger partial charge in [-0.2, -0.15) is 18.4 Å². The summed E-state index contributed by atoms with van der Waals surface area (Å²) in [5.74, 6) is -0.808. The quantitative estimate of drug-likeness (QED) is 0.476. The molecule has 1 atom stereocenters. The summed E-state index contributed by atoms with van der Waals surface area (Å²) in [6.07, 6.45) is 0.798. The average molecular weight is 535 g/mol. The summed E-state index contributed by atoms with van der Waals surface area (Å²) in [4.78, 5) is 17.6. The van der Waals surface area contributed by atoms with Crippen molar-refractivity contribution in [3.63, 3.8) is 0 Å². The van der Waals surface area contributed by atoms with E-state index in [4.69, 9.17) is 23.2 Å². The van der Waals surface area contributed by atoms with Crippen LogP contribution in [0.3, 0.4) is 0 Å². The van der Waals surface area contributed by atoms with E-state index < -0.39 is 17.7 Å². The highest BCUT2D eigenvalue weighted by Gasteiger charge is 2.62. The Morgan fingerprint density at radius 3 is 2.54 bits per heavy atom. The maximum Gasteiger partial charge on any atom is 0.437 e. The Hall–Kier alpha value is -3.19. The lowest BCUT2D eigenvalue weighted by Crippen LogP contribution is -2.55. The van der Waals surface area contributed by atoms with Gasteiger partial charge < -0.3 is 10.2 Å². The Bertz CT molecular complexity index is 1330. The summed E-state index contributed by atoms with van der Waals surface area (Å²) in [6.45, 7) is 0. The smallest absolute Gasteiger partial charge is 0.325 e. The summed E-state index contributed by atoms with van der Waals surface area (Å²) >= 11 is 12.6. The third kappa shape index (κ3) is 4.69. The molecular formula is C24H15Cl2F3N4OS. The van der Waals surface area contributed by atoms with Gasteiger partial charge in [-0.25, -0.2) is 4.99 Å². The highest BCUT2D eigenvalue weighted by Crippen LogP contribution is 2.51. The fourth-order valence-corrected chi connectivity index (χ4v) is 4.78. The molecule has 1 N–H and O–H groups in total. The number of hydrogen-bond donors (Lipinski definition) is 1. The molecule has 0 saturated carbocycles. The molecule has 0 aliphatic carbocycles. The summed E-state index contributed by atoms with van der Waals surface area (Å²) in [5.41, 5.74) is -2.59. The molecule has 11 heteroatoms. The van der Waals surface area contributed by atoms with Crippen molar-refractivity contribution in [1.82, 2.24) is 4.90 Å². The minimum atomic E-state index is -4.86. The number of anilines is 1. The number of nitriles is 1. The average Bonchev–Trinajstić information content (AvgIpc) is 2.84. The highest BCUT2D eigenvalue weighted by atomic mass is 35.5. The number of aliphatic imine (C=N–C) groups is 1. The third-order valence-corrected chi connectivity index (χ3v) is 6.88. The largest absolute Gasteiger partial charge is 0.437 e. The highest BCUT2D eigenvalue weighted by molar-refractivity contribution is 8.15. The van der Waals surface area contributed by atoms with Crippen LogP contribution in [0.5, 0.6) is 0 Å². The second kappa shape index (κ2) is 9.82. The lowest BCUT2D eigenvalue weighted by atomic mass is 9.93. The first-order chi connectivity index (χ1) is 16.7. The number of thioether (sulfide) groups is 1. The van der Waals surface area contributed by atoms with Crippen molar-refractivity contribution in [2.45, 2.75) is 11.8 Å². The van der Waals surface area contributed by atoms with Crippen LogP contribution >= 0.6 is 35.0 Å². The van der Waals surface area contributed by atoms with E-state index in [-0.39, 0.29) is 32.7 Å². The Labute approximate surface area is 213 Å². The van der Waals surface area contributed by atoms with E-state index in [0.29, 0.717) is 10.7 Å². The van der Waals surface area contributed by atoms with E-state index in [2.05, 4.69) is 10.3 Å². The molecule has 4 rings (SSSR count). The van der Waals surface area contributed by atoms with Gasteiger partial charge in [-0.15, -0.1) is 0 Å². The summed E-state index contributed by atoms with van der Waals surface area (Å²) in [7, 11) is 0. The maximum atomic E-state index is 14.8. The molecule has 0 bridgehead atoms. The van der Waals surface area contributed by atoms with E-state index in [0.717, 1.165) is 16.7 Å². The first kappa shape index (κ1) is 24.9. The van der Waals surface area contributed by atoms with Crippen LogP contribution in [0.15, 0.2) is 89.2 Å². The zero-order valence-corrected chi connectivity index (χ0v) is 20.0. The van der Waals surface area contributed by atoms with Crippen molar-refractivity contribution in [3.05, 3.63) is 99.8 Å². The van der Waals surface area contributed by atoms with Gasteiger partial charge in [0, 0.05) is 17.5 Å². The Morgan fingerprint density at radius 2 is 1.89 bits per heavy atom. The van der Waals surface area contributed by atoms with Crippen molar-refractivity contribution in [3.8, 4) is 6.07 Å². The molecule has 1 amide bonds. The van der Waals surface area contributed by atoms with Gasteiger partial charge in [-0.1, -0.05) is 71.4 Å². The lowest BCUT2D eigenvalue weighted by Gasteiger charge is -2.45. The molecule has 0 fully saturated rings. The molecule has 2 aliphatic rings. The first-order valence-electron chi connectivity index (χ1n) is 10.1. The lowest BCUT2D eigenvalue weighted by molar-refractivity contribution is -0.222. The predicted octanol–water partition coefficient (Wildman–Crippen LogP) is 6.66. The van der Waals surface area contributed by atoms with E-state index in [1.807, 2.05) is 6.07 Å². The van der Waals surface area contributed by atoms with Crippen LogP contribution in [0.2, 0.25) is 10.0 Å². The van der Waals surface area contributed by atoms with Gasteiger partial charge in [0.05, 0.1) is 21.5 Å². The summed E-state index contributed by atoms with van der Waals surface area (Å²) in [6, 6.07) is 13.7. The minimum Gasteiger partial charge on any atom is -0.325 e. The molecule has 0 spiro atoms. The molecule has 0 radical (unpaired) electrons. The van der Waals surface area contributed by atoms with Crippen LogP contribution in [-0.4, -0.2) is 27.8 Å². The van der Waals surface area contributed by atoms with E-state index in [1.54, 1.807) is 18.2 Å². The monoisotopic (exact) mass is 534 g/mol. The number of allylic oxidation sites excluding steroid dienone is 3. The SMILES string of the molecule is N#CC1=C2C=CC=CN2[C@@](c2ccccc2)(C(F)(F)F)N=C1SCC(=O)Nc1ccc(Cl)c(Cl)c1. The van der Waals surface area contributed by atoms with Crippen molar-refractivity contribution in [1.29, 1.82) is 5.26 Å². The fraction of sp³-hybridized carbons (Fsp3) is 0.125. The number of halogens is 5. The Morgan fingerprint density at radius 1 is 1.14 bits per heavy atom. The van der Waals surface area contributed by atoms with E-state index in [1.165, 1.54) is 54.8 Å². The molecule has 2 heterocycles. The molecule has 2 aromatic rings. The number of carbonyl (C=O) groups excluding carboxylic acids is 1. The number of hydrogen-bond acceptors (Lipinski definition) is 5. The number of nitrogens with zero attached hydrogens (tertiary/aromatic N) is 3. The van der Waals surface area contributed by atoms with Gasteiger partial charge in [0.25, 0.3) is 5.66 Å². The van der Waals surface area contributed by atoms with Gasteiger partial charge >= 0.3 is 6.18 Å². The van der Waals surface area contributed by atoms with Crippen LogP contribution in [0.4, 0.5) is 18.9 Å². The molecule has 35 heavy (non-hydrogen) atoms. The molecular weight excluding hydrogens is 520 g/mol. The summed E-state index contributed by atoms with van der Waals surface area (Å²) in [5, 5.41) is 12.8. The second-order valence-electron chi connectivity index (χ2n) is 7.36.